The van der Waals surface area contributed by atoms with Gasteiger partial charge in [0.15, 0.2) is 0 Å². The highest BCUT2D eigenvalue weighted by molar-refractivity contribution is 7.92. The molecule has 0 radical (unpaired) electrons. The van der Waals surface area contributed by atoms with Crippen molar-refractivity contribution in [2.24, 2.45) is 0 Å². The second-order valence-electron chi connectivity index (χ2n) is 4.97. The fourth-order valence-electron chi connectivity index (χ4n) is 2.15. The minimum atomic E-state index is -3.30. The van der Waals surface area contributed by atoms with Gasteiger partial charge in [0.25, 0.3) is 0 Å². The van der Waals surface area contributed by atoms with E-state index in [9.17, 15) is 8.42 Å². The number of hydrogen-bond acceptors (Lipinski definition) is 5. The number of thiazole rings is 1. The van der Waals surface area contributed by atoms with E-state index >= 15 is 0 Å². The molecule has 1 unspecified atom stereocenters. The Balaban J connectivity index is 2.25. The molecule has 0 bridgehead atoms. The van der Waals surface area contributed by atoms with Gasteiger partial charge >= 0.3 is 0 Å². The first-order valence-corrected chi connectivity index (χ1v) is 9.24. The van der Waals surface area contributed by atoms with E-state index in [1.165, 1.54) is 0 Å². The molecule has 1 atom stereocenters. The Hall–Kier alpha value is -1.60. The second-order valence-corrected chi connectivity index (χ2v) is 7.95. The molecule has 1 aromatic carbocycles. The van der Waals surface area contributed by atoms with Gasteiger partial charge in [0.05, 0.1) is 34.4 Å². The lowest BCUT2D eigenvalue weighted by atomic mass is 10.2. The molecule has 7 heteroatoms. The number of hydrogen-bond donors (Lipinski definition) is 2. The molecule has 1 heterocycles. The summed E-state index contributed by atoms with van der Waals surface area (Å²) in [5.74, 6) is 0. The van der Waals surface area contributed by atoms with Gasteiger partial charge in [0.2, 0.25) is 10.0 Å². The third-order valence-corrected chi connectivity index (χ3v) is 4.77. The first-order chi connectivity index (χ1) is 9.76. The van der Waals surface area contributed by atoms with Crippen LogP contribution in [0.25, 0.3) is 0 Å². The summed E-state index contributed by atoms with van der Waals surface area (Å²) in [6.07, 6.45) is 1.14. The number of anilines is 2. The largest absolute Gasteiger partial charge is 0.376 e. The van der Waals surface area contributed by atoms with Crippen LogP contribution < -0.4 is 10.0 Å². The Labute approximate surface area is 129 Å². The van der Waals surface area contributed by atoms with Crippen LogP contribution >= 0.6 is 11.3 Å². The Bertz CT molecular complexity index is 738. The number of para-hydroxylation sites is 2. The van der Waals surface area contributed by atoms with Gasteiger partial charge < -0.3 is 5.32 Å². The summed E-state index contributed by atoms with van der Waals surface area (Å²) in [6, 6.07) is 7.31. The highest BCUT2D eigenvalue weighted by atomic mass is 32.2. The topological polar surface area (TPSA) is 71.1 Å². The number of rotatable bonds is 5. The summed E-state index contributed by atoms with van der Waals surface area (Å²) in [5, 5.41) is 4.37. The van der Waals surface area contributed by atoms with Crippen LogP contribution in [0.2, 0.25) is 0 Å². The zero-order chi connectivity index (χ0) is 15.6. The van der Waals surface area contributed by atoms with Gasteiger partial charge in [-0.15, -0.1) is 11.3 Å². The van der Waals surface area contributed by atoms with Crippen molar-refractivity contribution >= 4 is 32.7 Å². The molecule has 5 nitrogen and oxygen atoms in total. The summed E-state index contributed by atoms with van der Waals surface area (Å²) in [5.41, 5.74) is 2.30. The normalized spacial score (nSPS) is 13.0. The van der Waals surface area contributed by atoms with Gasteiger partial charge in [-0.05, 0) is 32.9 Å². The fourth-order valence-corrected chi connectivity index (χ4v) is 3.65. The standard InChI is InChI=1S/C14H19N3O2S2/c1-9-14(20-11(3)15-9)10(2)16-12-7-5-6-8-13(12)17-21(4,18)19/h5-8,10,16-17H,1-4H3. The average molecular weight is 325 g/mol. The first kappa shape index (κ1) is 15.8. The molecule has 0 aliphatic carbocycles. The summed E-state index contributed by atoms with van der Waals surface area (Å²) in [6.45, 7) is 6.00. The maximum atomic E-state index is 11.4. The molecule has 0 aliphatic heterocycles. The van der Waals surface area contributed by atoms with Crippen molar-refractivity contribution in [1.29, 1.82) is 0 Å². The third kappa shape index (κ3) is 4.18. The average Bonchev–Trinajstić information content (AvgIpc) is 2.69. The van der Waals surface area contributed by atoms with Crippen LogP contribution in [0.5, 0.6) is 0 Å². The van der Waals surface area contributed by atoms with Gasteiger partial charge in [-0.1, -0.05) is 12.1 Å². The van der Waals surface area contributed by atoms with Crippen molar-refractivity contribution in [2.75, 3.05) is 16.3 Å². The van der Waals surface area contributed by atoms with Crippen molar-refractivity contribution in [3.63, 3.8) is 0 Å². The molecule has 0 amide bonds. The molecule has 0 saturated heterocycles. The molecule has 2 N–H and O–H groups in total. The van der Waals surface area contributed by atoms with Crippen LogP contribution in [0.3, 0.4) is 0 Å². The molecule has 0 saturated carbocycles. The van der Waals surface area contributed by atoms with Gasteiger partial charge in [-0.3, -0.25) is 4.72 Å². The fraction of sp³-hybridized carbons (Fsp3) is 0.357. The lowest BCUT2D eigenvalue weighted by Crippen LogP contribution is -2.13. The molecular formula is C14H19N3O2S2. The Kier molecular flexibility index (Phi) is 4.53. The van der Waals surface area contributed by atoms with E-state index in [-0.39, 0.29) is 6.04 Å². The SMILES string of the molecule is Cc1nc(C)c(C(C)Nc2ccccc2NS(C)(=O)=O)s1. The van der Waals surface area contributed by atoms with Crippen LogP contribution in [0.4, 0.5) is 11.4 Å². The predicted molar refractivity (Wildman–Crippen MR) is 88.5 cm³/mol. The quantitative estimate of drug-likeness (QED) is 0.885. The Morgan fingerprint density at radius 1 is 1.19 bits per heavy atom. The molecule has 0 aliphatic rings. The van der Waals surface area contributed by atoms with Crippen LogP contribution in [0.1, 0.15) is 28.5 Å². The van der Waals surface area contributed by atoms with E-state index in [4.69, 9.17) is 0 Å². The molecular weight excluding hydrogens is 306 g/mol. The van der Waals surface area contributed by atoms with E-state index in [2.05, 4.69) is 15.0 Å². The first-order valence-electron chi connectivity index (χ1n) is 6.53. The predicted octanol–water partition coefficient (Wildman–Crippen LogP) is 3.30. The van der Waals surface area contributed by atoms with Crippen LogP contribution in [0, 0.1) is 13.8 Å². The third-order valence-electron chi connectivity index (χ3n) is 2.93. The summed E-state index contributed by atoms with van der Waals surface area (Å²) < 4.78 is 25.4. The number of nitrogens with one attached hydrogen (secondary N) is 2. The summed E-state index contributed by atoms with van der Waals surface area (Å²) in [4.78, 5) is 5.58. The number of aromatic nitrogens is 1. The molecule has 0 fully saturated rings. The highest BCUT2D eigenvalue weighted by Crippen LogP contribution is 2.30. The zero-order valence-electron chi connectivity index (χ0n) is 12.5. The monoisotopic (exact) mass is 325 g/mol. The van der Waals surface area contributed by atoms with Crippen molar-refractivity contribution in [1.82, 2.24) is 4.98 Å². The minimum absolute atomic E-state index is 0.0544. The van der Waals surface area contributed by atoms with Gasteiger partial charge in [0.1, 0.15) is 0 Å². The van der Waals surface area contributed by atoms with E-state index < -0.39 is 10.0 Å². The molecule has 1 aromatic heterocycles. The van der Waals surface area contributed by atoms with E-state index in [1.54, 1.807) is 23.5 Å². The number of sulfonamides is 1. The van der Waals surface area contributed by atoms with Crippen LogP contribution in [-0.4, -0.2) is 19.7 Å². The smallest absolute Gasteiger partial charge is 0.229 e. The van der Waals surface area contributed by atoms with E-state index in [0.29, 0.717) is 5.69 Å². The zero-order valence-corrected chi connectivity index (χ0v) is 14.1. The van der Waals surface area contributed by atoms with E-state index in [1.807, 2.05) is 32.9 Å². The maximum Gasteiger partial charge on any atom is 0.229 e. The second kappa shape index (κ2) is 6.03. The van der Waals surface area contributed by atoms with Gasteiger partial charge in [-0.2, -0.15) is 0 Å². The number of nitrogens with zero attached hydrogens (tertiary/aromatic N) is 1. The molecule has 2 rings (SSSR count). The van der Waals surface area contributed by atoms with Gasteiger partial charge in [0, 0.05) is 4.88 Å². The summed E-state index contributed by atoms with van der Waals surface area (Å²) >= 11 is 1.65. The lowest BCUT2D eigenvalue weighted by Gasteiger charge is -2.17. The maximum absolute atomic E-state index is 11.4. The van der Waals surface area contributed by atoms with Crippen LogP contribution in [0.15, 0.2) is 24.3 Å². The number of aryl methyl sites for hydroxylation is 2. The highest BCUT2D eigenvalue weighted by Gasteiger charge is 2.15. The van der Waals surface area contributed by atoms with Crippen molar-refractivity contribution < 1.29 is 8.42 Å². The Morgan fingerprint density at radius 3 is 2.33 bits per heavy atom. The lowest BCUT2D eigenvalue weighted by molar-refractivity contribution is 0.607. The minimum Gasteiger partial charge on any atom is -0.376 e. The van der Waals surface area contributed by atoms with Crippen molar-refractivity contribution in [2.45, 2.75) is 26.8 Å². The van der Waals surface area contributed by atoms with Gasteiger partial charge in [-0.25, -0.2) is 13.4 Å². The molecule has 0 spiro atoms. The molecule has 2 aromatic rings. The molecule has 21 heavy (non-hydrogen) atoms. The van der Waals surface area contributed by atoms with Crippen molar-refractivity contribution in [3.8, 4) is 0 Å². The number of benzene rings is 1. The molecule has 114 valence electrons. The Morgan fingerprint density at radius 2 is 1.81 bits per heavy atom. The van der Waals surface area contributed by atoms with Crippen molar-refractivity contribution in [3.05, 3.63) is 39.8 Å². The van der Waals surface area contributed by atoms with E-state index in [0.717, 1.165) is 27.5 Å². The summed E-state index contributed by atoms with van der Waals surface area (Å²) in [7, 11) is -3.30. The van der Waals surface area contributed by atoms with Crippen LogP contribution in [-0.2, 0) is 10.0 Å².